The monoisotopic (exact) mass is 277 g/mol. The molecule has 0 aliphatic rings. The van der Waals surface area contributed by atoms with Gasteiger partial charge in [-0.15, -0.1) is 0 Å². The molecule has 0 bridgehead atoms. The van der Waals surface area contributed by atoms with Gasteiger partial charge in [0.2, 0.25) is 0 Å². The van der Waals surface area contributed by atoms with Crippen molar-refractivity contribution in [1.29, 1.82) is 0 Å². The van der Waals surface area contributed by atoms with E-state index in [1.165, 1.54) is 23.1 Å². The molecule has 0 fully saturated rings. The molecular weight excluding hydrogens is 265 g/mol. The molecular formula is C15H13ClFNO. The molecule has 19 heavy (non-hydrogen) atoms. The van der Waals surface area contributed by atoms with Crippen LogP contribution in [0.1, 0.15) is 15.9 Å². The summed E-state index contributed by atoms with van der Waals surface area (Å²) in [4.78, 5) is 13.7. The van der Waals surface area contributed by atoms with Crippen molar-refractivity contribution in [1.82, 2.24) is 0 Å². The van der Waals surface area contributed by atoms with Crippen molar-refractivity contribution in [2.24, 2.45) is 0 Å². The Morgan fingerprint density at radius 2 is 1.95 bits per heavy atom. The van der Waals surface area contributed by atoms with E-state index in [-0.39, 0.29) is 5.56 Å². The van der Waals surface area contributed by atoms with Crippen LogP contribution in [0.2, 0.25) is 5.02 Å². The van der Waals surface area contributed by atoms with Gasteiger partial charge in [0.1, 0.15) is 5.82 Å². The van der Waals surface area contributed by atoms with Crippen LogP contribution in [0, 0.1) is 12.7 Å². The SMILES string of the molecule is Cc1cccc(N(C)C(=O)c2cc(Cl)ccc2F)c1. The van der Waals surface area contributed by atoms with Crippen molar-refractivity contribution in [3.8, 4) is 0 Å². The molecule has 2 nitrogen and oxygen atoms in total. The Kier molecular flexibility index (Phi) is 3.86. The third-order valence-corrected chi connectivity index (χ3v) is 3.09. The fraction of sp³-hybridized carbons (Fsp3) is 0.133. The maximum Gasteiger partial charge on any atom is 0.261 e. The molecule has 0 saturated heterocycles. The van der Waals surface area contributed by atoms with E-state index in [0.29, 0.717) is 10.7 Å². The van der Waals surface area contributed by atoms with Crippen LogP contribution >= 0.6 is 11.6 Å². The van der Waals surface area contributed by atoms with E-state index in [1.54, 1.807) is 13.1 Å². The topological polar surface area (TPSA) is 20.3 Å². The molecule has 0 N–H and O–H groups in total. The third kappa shape index (κ3) is 2.93. The number of amides is 1. The highest BCUT2D eigenvalue weighted by atomic mass is 35.5. The average Bonchev–Trinajstić information content (AvgIpc) is 2.40. The Morgan fingerprint density at radius 1 is 1.21 bits per heavy atom. The molecule has 0 atom stereocenters. The number of rotatable bonds is 2. The summed E-state index contributed by atoms with van der Waals surface area (Å²) < 4.78 is 13.7. The summed E-state index contributed by atoms with van der Waals surface area (Å²) in [5, 5.41) is 0.336. The number of carbonyl (C=O) groups is 1. The molecule has 2 rings (SSSR count). The summed E-state index contributed by atoms with van der Waals surface area (Å²) in [5.41, 5.74) is 1.71. The number of halogens is 2. The minimum atomic E-state index is -0.575. The highest BCUT2D eigenvalue weighted by Crippen LogP contribution is 2.20. The highest BCUT2D eigenvalue weighted by Gasteiger charge is 2.17. The number of aryl methyl sites for hydroxylation is 1. The zero-order valence-electron chi connectivity index (χ0n) is 10.7. The Hall–Kier alpha value is -1.87. The second kappa shape index (κ2) is 5.41. The van der Waals surface area contributed by atoms with Crippen LogP contribution in [0.25, 0.3) is 0 Å². The summed E-state index contributed by atoms with van der Waals surface area (Å²) in [7, 11) is 1.61. The van der Waals surface area contributed by atoms with E-state index in [2.05, 4.69) is 0 Å². The summed E-state index contributed by atoms with van der Waals surface area (Å²) in [5.74, 6) is -1.00. The lowest BCUT2D eigenvalue weighted by atomic mass is 10.1. The van der Waals surface area contributed by atoms with E-state index in [4.69, 9.17) is 11.6 Å². The number of hydrogen-bond acceptors (Lipinski definition) is 1. The molecule has 2 aromatic carbocycles. The van der Waals surface area contributed by atoms with Crippen LogP contribution in [-0.2, 0) is 0 Å². The van der Waals surface area contributed by atoms with Gasteiger partial charge < -0.3 is 4.90 Å². The number of nitrogens with zero attached hydrogens (tertiary/aromatic N) is 1. The number of benzene rings is 2. The first-order valence-electron chi connectivity index (χ1n) is 5.79. The first-order chi connectivity index (χ1) is 8.99. The quantitative estimate of drug-likeness (QED) is 0.810. The standard InChI is InChI=1S/C15H13ClFNO/c1-10-4-3-5-12(8-10)18(2)15(19)13-9-11(16)6-7-14(13)17/h3-9H,1-2H3. The van der Waals surface area contributed by atoms with Gasteiger partial charge in [0.05, 0.1) is 5.56 Å². The van der Waals surface area contributed by atoms with Gasteiger partial charge in [-0.3, -0.25) is 4.79 Å². The van der Waals surface area contributed by atoms with Gasteiger partial charge in [0.25, 0.3) is 5.91 Å². The predicted octanol–water partition coefficient (Wildman–Crippen LogP) is 4.06. The molecule has 0 aliphatic carbocycles. The van der Waals surface area contributed by atoms with Crippen molar-refractivity contribution in [2.45, 2.75) is 6.92 Å². The van der Waals surface area contributed by atoms with E-state index in [1.807, 2.05) is 25.1 Å². The van der Waals surface area contributed by atoms with Crippen molar-refractivity contribution in [3.05, 3.63) is 64.4 Å². The number of carbonyl (C=O) groups excluding carboxylic acids is 1. The Bertz CT molecular complexity index is 627. The fourth-order valence-corrected chi connectivity index (χ4v) is 1.97. The van der Waals surface area contributed by atoms with Crippen molar-refractivity contribution < 1.29 is 9.18 Å². The normalized spacial score (nSPS) is 10.3. The van der Waals surface area contributed by atoms with Crippen LogP contribution in [0.4, 0.5) is 10.1 Å². The van der Waals surface area contributed by atoms with Gasteiger partial charge in [-0.25, -0.2) is 4.39 Å². The molecule has 0 aliphatic heterocycles. The van der Waals surface area contributed by atoms with E-state index < -0.39 is 11.7 Å². The highest BCUT2D eigenvalue weighted by molar-refractivity contribution is 6.31. The van der Waals surface area contributed by atoms with Gasteiger partial charge in [0.15, 0.2) is 0 Å². The largest absolute Gasteiger partial charge is 0.311 e. The van der Waals surface area contributed by atoms with E-state index in [0.717, 1.165) is 5.56 Å². The first kappa shape index (κ1) is 13.6. The molecule has 0 radical (unpaired) electrons. The average molecular weight is 278 g/mol. The smallest absolute Gasteiger partial charge is 0.261 e. The molecule has 2 aromatic rings. The molecule has 0 aromatic heterocycles. The molecule has 0 unspecified atom stereocenters. The fourth-order valence-electron chi connectivity index (χ4n) is 1.80. The second-order valence-electron chi connectivity index (χ2n) is 4.33. The van der Waals surface area contributed by atoms with E-state index >= 15 is 0 Å². The molecule has 0 heterocycles. The minimum Gasteiger partial charge on any atom is -0.311 e. The zero-order chi connectivity index (χ0) is 14.0. The van der Waals surface area contributed by atoms with E-state index in [9.17, 15) is 9.18 Å². The van der Waals surface area contributed by atoms with Crippen molar-refractivity contribution >= 4 is 23.2 Å². The molecule has 0 spiro atoms. The Morgan fingerprint density at radius 3 is 2.63 bits per heavy atom. The van der Waals surface area contributed by atoms with Crippen molar-refractivity contribution in [3.63, 3.8) is 0 Å². The Labute approximate surface area is 116 Å². The van der Waals surface area contributed by atoms with Crippen LogP contribution in [0.15, 0.2) is 42.5 Å². The van der Waals surface area contributed by atoms with Crippen LogP contribution < -0.4 is 4.90 Å². The van der Waals surface area contributed by atoms with Gasteiger partial charge in [-0.05, 0) is 42.8 Å². The predicted molar refractivity (Wildman–Crippen MR) is 75.3 cm³/mol. The maximum atomic E-state index is 13.7. The van der Waals surface area contributed by atoms with Crippen LogP contribution in [0.5, 0.6) is 0 Å². The lowest BCUT2D eigenvalue weighted by molar-refractivity contribution is 0.0989. The summed E-state index contributed by atoms with van der Waals surface area (Å²) in [6.45, 7) is 1.93. The lowest BCUT2D eigenvalue weighted by Gasteiger charge is -2.18. The van der Waals surface area contributed by atoms with Gasteiger partial charge in [-0.1, -0.05) is 23.7 Å². The third-order valence-electron chi connectivity index (χ3n) is 2.85. The molecule has 4 heteroatoms. The lowest BCUT2D eigenvalue weighted by Crippen LogP contribution is -2.27. The number of hydrogen-bond donors (Lipinski definition) is 0. The molecule has 0 saturated carbocycles. The first-order valence-corrected chi connectivity index (χ1v) is 6.16. The van der Waals surface area contributed by atoms with Crippen LogP contribution in [0.3, 0.4) is 0 Å². The maximum absolute atomic E-state index is 13.7. The summed E-state index contributed by atoms with van der Waals surface area (Å²) >= 11 is 5.80. The van der Waals surface area contributed by atoms with Crippen LogP contribution in [-0.4, -0.2) is 13.0 Å². The molecule has 98 valence electrons. The van der Waals surface area contributed by atoms with Gasteiger partial charge in [-0.2, -0.15) is 0 Å². The van der Waals surface area contributed by atoms with Gasteiger partial charge in [0, 0.05) is 17.8 Å². The zero-order valence-corrected chi connectivity index (χ0v) is 11.4. The number of anilines is 1. The summed E-state index contributed by atoms with van der Waals surface area (Å²) in [6.07, 6.45) is 0. The molecule has 1 amide bonds. The summed E-state index contributed by atoms with van der Waals surface area (Å²) in [6, 6.07) is 11.4. The van der Waals surface area contributed by atoms with Gasteiger partial charge >= 0.3 is 0 Å². The van der Waals surface area contributed by atoms with Crippen molar-refractivity contribution in [2.75, 3.05) is 11.9 Å². The Balaban J connectivity index is 2.36. The second-order valence-corrected chi connectivity index (χ2v) is 4.76. The minimum absolute atomic E-state index is 0.0310.